The molecule has 0 fully saturated rings. The van der Waals surface area contributed by atoms with Crippen LogP contribution in [0.2, 0.25) is 0 Å². The molecule has 3 N–H and O–H groups in total. The van der Waals surface area contributed by atoms with E-state index in [1.165, 1.54) is 5.56 Å². The molecule has 0 saturated heterocycles. The van der Waals surface area contributed by atoms with Crippen LogP contribution in [0.25, 0.3) is 0 Å². The average Bonchev–Trinajstić information content (AvgIpc) is 2.81. The molecule has 18 heavy (non-hydrogen) atoms. The van der Waals surface area contributed by atoms with Crippen molar-refractivity contribution >= 4 is 23.2 Å². The van der Waals surface area contributed by atoms with E-state index in [2.05, 4.69) is 31.7 Å². The van der Waals surface area contributed by atoms with Crippen LogP contribution in [0, 0.1) is 0 Å². The molecule has 2 rings (SSSR count). The fourth-order valence-electron chi connectivity index (χ4n) is 1.43. The van der Waals surface area contributed by atoms with Crippen LogP contribution >= 0.6 is 11.3 Å². The second kappa shape index (κ2) is 5.63. The molecule has 6 nitrogen and oxygen atoms in total. The van der Waals surface area contributed by atoms with Crippen molar-refractivity contribution in [1.82, 2.24) is 15.0 Å². The molecule has 2 aromatic heterocycles. The van der Waals surface area contributed by atoms with E-state index >= 15 is 0 Å². The smallest absolute Gasteiger partial charge is 0.323 e. The third-order valence-electron chi connectivity index (χ3n) is 2.29. The molecule has 2 heterocycles. The van der Waals surface area contributed by atoms with Gasteiger partial charge >= 0.3 is 6.01 Å². The molecule has 1 unspecified atom stereocenters. The minimum atomic E-state index is 0.104. The summed E-state index contributed by atoms with van der Waals surface area (Å²) in [4.78, 5) is 12.1. The van der Waals surface area contributed by atoms with Gasteiger partial charge in [0.05, 0.1) is 12.6 Å². The van der Waals surface area contributed by atoms with Gasteiger partial charge in [-0.1, -0.05) is 0 Å². The molecule has 2 aromatic rings. The normalized spacial score (nSPS) is 12.1. The summed E-state index contributed by atoms with van der Waals surface area (Å²) in [5.74, 6) is 0.568. The number of hydrogen-bond donors (Lipinski definition) is 2. The monoisotopic (exact) mass is 265 g/mol. The second-order valence-electron chi connectivity index (χ2n) is 3.66. The summed E-state index contributed by atoms with van der Waals surface area (Å²) in [5.41, 5.74) is 6.78. The number of nitrogen functional groups attached to an aromatic ring is 1. The van der Waals surface area contributed by atoms with E-state index in [9.17, 15) is 0 Å². The maximum absolute atomic E-state index is 5.60. The molecule has 7 heteroatoms. The first-order chi connectivity index (χ1) is 8.69. The molecular formula is C11H15N5OS. The second-order valence-corrected chi connectivity index (χ2v) is 4.44. The molecule has 0 aliphatic rings. The van der Waals surface area contributed by atoms with Gasteiger partial charge in [-0.25, -0.2) is 0 Å². The van der Waals surface area contributed by atoms with Crippen molar-refractivity contribution in [2.45, 2.75) is 19.9 Å². The lowest BCUT2D eigenvalue weighted by molar-refractivity contribution is 0.312. The predicted octanol–water partition coefficient (Wildman–Crippen LogP) is 2.09. The lowest BCUT2D eigenvalue weighted by Crippen LogP contribution is -2.12. The summed E-state index contributed by atoms with van der Waals surface area (Å²) in [6.45, 7) is 4.38. The number of aromatic nitrogens is 3. The summed E-state index contributed by atoms with van der Waals surface area (Å²) in [6, 6.07) is 2.40. The first-order valence-electron chi connectivity index (χ1n) is 5.62. The van der Waals surface area contributed by atoms with Crippen molar-refractivity contribution in [2.24, 2.45) is 0 Å². The Bertz CT molecular complexity index is 502. The molecule has 0 spiro atoms. The van der Waals surface area contributed by atoms with Gasteiger partial charge in [0, 0.05) is 0 Å². The standard InChI is InChI=1S/C11H15N5OS/c1-3-17-11-15-9(12)14-10(16-11)13-7(2)8-4-5-18-6-8/h4-7H,3H2,1-2H3,(H3,12,13,14,15,16). The molecule has 0 saturated carbocycles. The SMILES string of the molecule is CCOc1nc(N)nc(NC(C)c2ccsc2)n1. The van der Waals surface area contributed by atoms with E-state index in [1.54, 1.807) is 11.3 Å². The Kier molecular flexibility index (Phi) is 3.93. The highest BCUT2D eigenvalue weighted by Gasteiger charge is 2.10. The minimum absolute atomic E-state index is 0.104. The minimum Gasteiger partial charge on any atom is -0.464 e. The Balaban J connectivity index is 2.13. The van der Waals surface area contributed by atoms with E-state index in [0.717, 1.165) is 0 Å². The van der Waals surface area contributed by atoms with E-state index in [1.807, 2.05) is 19.2 Å². The Morgan fingerprint density at radius 2 is 2.28 bits per heavy atom. The fourth-order valence-corrected chi connectivity index (χ4v) is 2.18. The predicted molar refractivity (Wildman–Crippen MR) is 71.8 cm³/mol. The zero-order chi connectivity index (χ0) is 13.0. The molecule has 0 amide bonds. The van der Waals surface area contributed by atoms with Crippen molar-refractivity contribution < 1.29 is 4.74 Å². The molecule has 1 atom stereocenters. The van der Waals surface area contributed by atoms with Gasteiger partial charge in [0.25, 0.3) is 0 Å². The van der Waals surface area contributed by atoms with Crippen LogP contribution in [0.1, 0.15) is 25.5 Å². The number of hydrogen-bond acceptors (Lipinski definition) is 7. The Morgan fingerprint density at radius 1 is 1.44 bits per heavy atom. The van der Waals surface area contributed by atoms with Gasteiger partial charge in [0.15, 0.2) is 0 Å². The highest BCUT2D eigenvalue weighted by Crippen LogP contribution is 2.20. The van der Waals surface area contributed by atoms with Crippen LogP contribution in [0.5, 0.6) is 6.01 Å². The first kappa shape index (κ1) is 12.6. The highest BCUT2D eigenvalue weighted by atomic mass is 32.1. The molecular weight excluding hydrogens is 250 g/mol. The third-order valence-corrected chi connectivity index (χ3v) is 3.00. The van der Waals surface area contributed by atoms with E-state index < -0.39 is 0 Å². The Morgan fingerprint density at radius 3 is 2.94 bits per heavy atom. The molecule has 0 bridgehead atoms. The molecule has 96 valence electrons. The van der Waals surface area contributed by atoms with Crippen molar-refractivity contribution in [2.75, 3.05) is 17.7 Å². The summed E-state index contributed by atoms with van der Waals surface area (Å²) in [6.07, 6.45) is 0. The van der Waals surface area contributed by atoms with Crippen LogP contribution in [-0.4, -0.2) is 21.6 Å². The zero-order valence-electron chi connectivity index (χ0n) is 10.3. The number of nitrogens with two attached hydrogens (primary N) is 1. The number of nitrogens with zero attached hydrogens (tertiary/aromatic N) is 3. The molecule has 0 aromatic carbocycles. The third kappa shape index (κ3) is 3.07. The van der Waals surface area contributed by atoms with Crippen molar-refractivity contribution in [1.29, 1.82) is 0 Å². The molecule has 0 radical (unpaired) electrons. The van der Waals surface area contributed by atoms with Crippen LogP contribution in [0.3, 0.4) is 0 Å². The number of anilines is 2. The van der Waals surface area contributed by atoms with Gasteiger partial charge in [-0.05, 0) is 36.2 Å². The number of rotatable bonds is 5. The topological polar surface area (TPSA) is 86.0 Å². The van der Waals surface area contributed by atoms with E-state index in [0.29, 0.717) is 12.6 Å². The van der Waals surface area contributed by atoms with Crippen LogP contribution in [0.4, 0.5) is 11.9 Å². The van der Waals surface area contributed by atoms with Gasteiger partial charge in [-0.15, -0.1) is 0 Å². The van der Waals surface area contributed by atoms with Crippen LogP contribution in [0.15, 0.2) is 16.8 Å². The number of ether oxygens (including phenoxy) is 1. The lowest BCUT2D eigenvalue weighted by atomic mass is 10.2. The lowest BCUT2D eigenvalue weighted by Gasteiger charge is -2.13. The Labute approximate surface area is 109 Å². The average molecular weight is 265 g/mol. The summed E-state index contributed by atoms with van der Waals surface area (Å²) < 4.78 is 5.22. The molecule has 0 aliphatic heterocycles. The van der Waals surface area contributed by atoms with Gasteiger partial charge in [0.2, 0.25) is 11.9 Å². The summed E-state index contributed by atoms with van der Waals surface area (Å²) >= 11 is 1.65. The van der Waals surface area contributed by atoms with Crippen LogP contribution < -0.4 is 15.8 Å². The highest BCUT2D eigenvalue weighted by molar-refractivity contribution is 7.07. The summed E-state index contributed by atoms with van der Waals surface area (Å²) in [5, 5.41) is 7.27. The zero-order valence-corrected chi connectivity index (χ0v) is 11.1. The van der Waals surface area contributed by atoms with Gasteiger partial charge in [-0.3, -0.25) is 0 Å². The fraction of sp³-hybridized carbons (Fsp3) is 0.364. The van der Waals surface area contributed by atoms with Gasteiger partial charge < -0.3 is 15.8 Å². The van der Waals surface area contributed by atoms with Gasteiger partial charge in [0.1, 0.15) is 0 Å². The maximum Gasteiger partial charge on any atom is 0.323 e. The largest absolute Gasteiger partial charge is 0.464 e. The Hall–Kier alpha value is -1.89. The van der Waals surface area contributed by atoms with Crippen molar-refractivity contribution in [3.05, 3.63) is 22.4 Å². The van der Waals surface area contributed by atoms with Crippen molar-refractivity contribution in [3.63, 3.8) is 0 Å². The summed E-state index contributed by atoms with van der Waals surface area (Å²) in [7, 11) is 0. The van der Waals surface area contributed by atoms with Crippen LogP contribution in [-0.2, 0) is 0 Å². The number of nitrogens with one attached hydrogen (secondary N) is 1. The van der Waals surface area contributed by atoms with E-state index in [-0.39, 0.29) is 18.0 Å². The van der Waals surface area contributed by atoms with Gasteiger partial charge in [-0.2, -0.15) is 26.3 Å². The van der Waals surface area contributed by atoms with E-state index in [4.69, 9.17) is 10.5 Å². The quantitative estimate of drug-likeness (QED) is 0.861. The maximum atomic E-state index is 5.60. The van der Waals surface area contributed by atoms with Crippen molar-refractivity contribution in [3.8, 4) is 6.01 Å². The molecule has 0 aliphatic carbocycles. The number of thiophene rings is 1. The first-order valence-corrected chi connectivity index (χ1v) is 6.56.